The second-order valence-corrected chi connectivity index (χ2v) is 4.40. The zero-order chi connectivity index (χ0) is 14.1. The van der Waals surface area contributed by atoms with Crippen molar-refractivity contribution < 1.29 is 9.59 Å². The number of hydrogen-bond acceptors (Lipinski definition) is 3. The first-order chi connectivity index (χ1) is 9.11. The van der Waals surface area contributed by atoms with Crippen molar-refractivity contribution in [1.82, 2.24) is 10.6 Å². The number of benzene rings is 1. The third kappa shape index (κ3) is 7.76. The third-order valence-electron chi connectivity index (χ3n) is 2.67. The smallest absolute Gasteiger partial charge is 0.239 e. The van der Waals surface area contributed by atoms with Crippen LogP contribution in [-0.4, -0.2) is 31.4 Å². The molecule has 0 fully saturated rings. The minimum atomic E-state index is -0.214. The predicted octanol–water partition coefficient (Wildman–Crippen LogP) is 0.541. The van der Waals surface area contributed by atoms with E-state index in [9.17, 15) is 9.59 Å². The molecule has 0 aromatic heterocycles. The molecule has 0 radical (unpaired) electrons. The predicted molar refractivity (Wildman–Crippen MR) is 81.8 cm³/mol. The largest absolute Gasteiger partial charge is 0.353 e. The van der Waals surface area contributed by atoms with Gasteiger partial charge in [-0.3, -0.25) is 9.59 Å². The molecule has 2 amide bonds. The first-order valence-electron chi connectivity index (χ1n) is 6.41. The Morgan fingerprint density at radius 1 is 1.10 bits per heavy atom. The molecule has 6 heteroatoms. The summed E-state index contributed by atoms with van der Waals surface area (Å²) < 4.78 is 0. The van der Waals surface area contributed by atoms with Crippen molar-refractivity contribution in [3.05, 3.63) is 35.4 Å². The van der Waals surface area contributed by atoms with Gasteiger partial charge in [-0.05, 0) is 18.9 Å². The quantitative estimate of drug-likeness (QED) is 0.687. The van der Waals surface area contributed by atoms with Crippen molar-refractivity contribution >= 4 is 24.2 Å². The van der Waals surface area contributed by atoms with Gasteiger partial charge in [0.1, 0.15) is 0 Å². The molecule has 0 saturated heterocycles. The van der Waals surface area contributed by atoms with Gasteiger partial charge in [-0.15, -0.1) is 12.4 Å². The van der Waals surface area contributed by atoms with Crippen LogP contribution in [0.1, 0.15) is 17.5 Å². The summed E-state index contributed by atoms with van der Waals surface area (Å²) in [6.07, 6.45) is 1.06. The maximum Gasteiger partial charge on any atom is 0.239 e. The highest BCUT2D eigenvalue weighted by Gasteiger charge is 2.05. The van der Waals surface area contributed by atoms with E-state index in [-0.39, 0.29) is 30.8 Å². The highest BCUT2D eigenvalue weighted by Crippen LogP contribution is 2.05. The summed E-state index contributed by atoms with van der Waals surface area (Å²) in [6.45, 7) is 2.86. The number of hydrogen-bond donors (Lipinski definition) is 3. The lowest BCUT2D eigenvalue weighted by molar-refractivity contribution is -0.126. The molecule has 1 rings (SSSR count). The molecule has 0 aliphatic heterocycles. The molecule has 20 heavy (non-hydrogen) atoms. The Morgan fingerprint density at radius 3 is 2.35 bits per heavy atom. The topological polar surface area (TPSA) is 84.2 Å². The standard InChI is InChI=1S/C14H21N3O2.ClH/c1-11-2-4-12(5-3-11)6-7-13(18)17-10-14(19)16-9-8-15;/h2-5H,6-10,15H2,1H3,(H,16,19)(H,17,18);1H. The summed E-state index contributed by atoms with van der Waals surface area (Å²) in [5, 5.41) is 5.17. The average Bonchev–Trinajstić information content (AvgIpc) is 2.42. The van der Waals surface area contributed by atoms with E-state index in [4.69, 9.17) is 5.73 Å². The molecule has 112 valence electrons. The lowest BCUT2D eigenvalue weighted by Gasteiger charge is -2.06. The molecule has 4 N–H and O–H groups in total. The van der Waals surface area contributed by atoms with Crippen LogP contribution in [0, 0.1) is 6.92 Å². The van der Waals surface area contributed by atoms with Crippen LogP contribution in [0.25, 0.3) is 0 Å². The van der Waals surface area contributed by atoms with Gasteiger partial charge in [-0.1, -0.05) is 29.8 Å². The molecule has 1 aromatic carbocycles. The summed E-state index contributed by atoms with van der Waals surface area (Å²) in [7, 11) is 0. The fourth-order valence-corrected chi connectivity index (χ4v) is 1.55. The summed E-state index contributed by atoms with van der Waals surface area (Å²) >= 11 is 0. The molecule has 0 unspecified atom stereocenters. The van der Waals surface area contributed by atoms with Gasteiger partial charge in [0.15, 0.2) is 0 Å². The second-order valence-electron chi connectivity index (χ2n) is 4.40. The molecule has 0 bridgehead atoms. The highest BCUT2D eigenvalue weighted by molar-refractivity contribution is 5.85. The van der Waals surface area contributed by atoms with Crippen LogP contribution in [0.4, 0.5) is 0 Å². The van der Waals surface area contributed by atoms with E-state index in [2.05, 4.69) is 10.6 Å². The number of amides is 2. The van der Waals surface area contributed by atoms with Gasteiger partial charge in [0.25, 0.3) is 0 Å². The van der Waals surface area contributed by atoms with Crippen LogP contribution in [0.2, 0.25) is 0 Å². The zero-order valence-corrected chi connectivity index (χ0v) is 12.5. The summed E-state index contributed by atoms with van der Waals surface area (Å²) in [4.78, 5) is 22.8. The Bertz CT molecular complexity index is 421. The number of nitrogens with two attached hydrogens (primary N) is 1. The summed E-state index contributed by atoms with van der Waals surface area (Å²) in [6, 6.07) is 8.06. The lowest BCUT2D eigenvalue weighted by atomic mass is 10.1. The molecule has 0 aliphatic rings. The molecule has 5 nitrogen and oxygen atoms in total. The number of halogens is 1. The van der Waals surface area contributed by atoms with Gasteiger partial charge < -0.3 is 16.4 Å². The van der Waals surface area contributed by atoms with Crippen molar-refractivity contribution in [1.29, 1.82) is 0 Å². The van der Waals surface area contributed by atoms with Gasteiger partial charge in [0, 0.05) is 19.5 Å². The first-order valence-corrected chi connectivity index (χ1v) is 6.41. The average molecular weight is 300 g/mol. The summed E-state index contributed by atoms with van der Waals surface area (Å²) in [5.41, 5.74) is 7.57. The van der Waals surface area contributed by atoms with E-state index in [0.717, 1.165) is 5.56 Å². The maximum atomic E-state index is 11.5. The first kappa shape index (κ1) is 18.4. The van der Waals surface area contributed by atoms with Crippen LogP contribution >= 0.6 is 12.4 Å². The molecule has 0 atom stereocenters. The fourth-order valence-electron chi connectivity index (χ4n) is 1.55. The lowest BCUT2D eigenvalue weighted by Crippen LogP contribution is -2.38. The minimum absolute atomic E-state index is 0. The van der Waals surface area contributed by atoms with E-state index in [1.54, 1.807) is 0 Å². The maximum absolute atomic E-state index is 11.5. The SMILES string of the molecule is Cc1ccc(CCC(=O)NCC(=O)NCCN)cc1.Cl. The molecule has 0 spiro atoms. The van der Waals surface area contributed by atoms with Crippen molar-refractivity contribution in [3.8, 4) is 0 Å². The van der Waals surface area contributed by atoms with Crippen molar-refractivity contribution in [2.45, 2.75) is 19.8 Å². The molecular formula is C14H22ClN3O2. The van der Waals surface area contributed by atoms with E-state index in [0.29, 0.717) is 25.9 Å². The van der Waals surface area contributed by atoms with Gasteiger partial charge in [0.2, 0.25) is 11.8 Å². The van der Waals surface area contributed by atoms with E-state index in [1.165, 1.54) is 5.56 Å². The number of nitrogens with one attached hydrogen (secondary N) is 2. The molecule has 0 heterocycles. The number of carbonyl (C=O) groups excluding carboxylic acids is 2. The van der Waals surface area contributed by atoms with Crippen LogP contribution in [0.5, 0.6) is 0 Å². The molecule has 0 saturated carbocycles. The van der Waals surface area contributed by atoms with Crippen molar-refractivity contribution in [2.75, 3.05) is 19.6 Å². The van der Waals surface area contributed by atoms with Gasteiger partial charge in [-0.2, -0.15) is 0 Å². The van der Waals surface area contributed by atoms with Crippen LogP contribution in [0.3, 0.4) is 0 Å². The number of rotatable bonds is 7. The highest BCUT2D eigenvalue weighted by atomic mass is 35.5. The van der Waals surface area contributed by atoms with Gasteiger partial charge >= 0.3 is 0 Å². The molecular weight excluding hydrogens is 278 g/mol. The van der Waals surface area contributed by atoms with Gasteiger partial charge in [-0.25, -0.2) is 0 Å². The number of carbonyl (C=O) groups is 2. The third-order valence-corrected chi connectivity index (χ3v) is 2.67. The Morgan fingerprint density at radius 2 is 1.75 bits per heavy atom. The Kier molecular flexibility index (Phi) is 9.41. The van der Waals surface area contributed by atoms with Crippen LogP contribution in [0.15, 0.2) is 24.3 Å². The van der Waals surface area contributed by atoms with Crippen molar-refractivity contribution in [2.24, 2.45) is 5.73 Å². The van der Waals surface area contributed by atoms with Crippen LogP contribution < -0.4 is 16.4 Å². The van der Waals surface area contributed by atoms with Crippen molar-refractivity contribution in [3.63, 3.8) is 0 Å². The normalized spacial score (nSPS) is 9.50. The van der Waals surface area contributed by atoms with E-state index < -0.39 is 0 Å². The fraction of sp³-hybridized carbons (Fsp3) is 0.429. The monoisotopic (exact) mass is 299 g/mol. The second kappa shape index (κ2) is 10.2. The summed E-state index contributed by atoms with van der Waals surface area (Å²) in [5.74, 6) is -0.336. The Hall–Kier alpha value is -1.59. The zero-order valence-electron chi connectivity index (χ0n) is 11.6. The van der Waals surface area contributed by atoms with Gasteiger partial charge in [0.05, 0.1) is 6.54 Å². The minimum Gasteiger partial charge on any atom is -0.353 e. The Labute approximate surface area is 125 Å². The molecule has 0 aliphatic carbocycles. The molecule has 1 aromatic rings. The van der Waals surface area contributed by atoms with E-state index >= 15 is 0 Å². The van der Waals surface area contributed by atoms with E-state index in [1.807, 2.05) is 31.2 Å². The van der Waals surface area contributed by atoms with Crippen LogP contribution in [-0.2, 0) is 16.0 Å². The number of aryl methyl sites for hydroxylation is 2. The Balaban J connectivity index is 0.00000361.